The van der Waals surface area contributed by atoms with Crippen LogP contribution >= 0.6 is 0 Å². The number of amides is 1. The lowest BCUT2D eigenvalue weighted by atomic mass is 10.1. The Morgan fingerprint density at radius 1 is 1.05 bits per heavy atom. The van der Waals surface area contributed by atoms with Crippen molar-refractivity contribution in [2.45, 2.75) is 6.54 Å². The van der Waals surface area contributed by atoms with Crippen LogP contribution in [0, 0.1) is 0 Å². The molecule has 1 aromatic heterocycles. The van der Waals surface area contributed by atoms with E-state index >= 15 is 0 Å². The molecule has 0 bridgehead atoms. The quantitative estimate of drug-likeness (QED) is 0.794. The van der Waals surface area contributed by atoms with Gasteiger partial charge in [0.2, 0.25) is 5.91 Å². The molecule has 0 radical (unpaired) electrons. The molecule has 0 fully saturated rings. The molecule has 0 spiro atoms. The predicted octanol–water partition coefficient (Wildman–Crippen LogP) is 2.09. The minimum absolute atomic E-state index is 0.423. The Labute approximate surface area is 122 Å². The number of rotatable bonds is 4. The Morgan fingerprint density at radius 2 is 1.76 bits per heavy atom. The molecule has 0 saturated carbocycles. The second-order valence-electron chi connectivity index (χ2n) is 4.73. The molecular weight excluding hydrogens is 264 g/mol. The van der Waals surface area contributed by atoms with E-state index in [1.165, 1.54) is 0 Å². The van der Waals surface area contributed by atoms with Crippen LogP contribution in [0.15, 0.2) is 60.8 Å². The smallest absolute Gasteiger partial charge is 0.248 e. The van der Waals surface area contributed by atoms with E-state index in [1.54, 1.807) is 16.8 Å². The Morgan fingerprint density at radius 3 is 2.43 bits per heavy atom. The summed E-state index contributed by atoms with van der Waals surface area (Å²) in [6.07, 6.45) is 1.90. The lowest BCUT2D eigenvalue weighted by Gasteiger charge is -2.01. The van der Waals surface area contributed by atoms with Gasteiger partial charge in [-0.05, 0) is 17.7 Å². The van der Waals surface area contributed by atoms with Gasteiger partial charge in [-0.1, -0.05) is 47.7 Å². The van der Waals surface area contributed by atoms with E-state index < -0.39 is 5.91 Å². The van der Waals surface area contributed by atoms with Crippen molar-refractivity contribution in [3.63, 3.8) is 0 Å². The Hall–Kier alpha value is -2.95. The summed E-state index contributed by atoms with van der Waals surface area (Å²) < 4.78 is 1.77. The number of benzene rings is 2. The molecule has 0 atom stereocenters. The van der Waals surface area contributed by atoms with Gasteiger partial charge in [-0.15, -0.1) is 5.10 Å². The van der Waals surface area contributed by atoms with E-state index in [-0.39, 0.29) is 0 Å². The van der Waals surface area contributed by atoms with Crippen molar-refractivity contribution < 1.29 is 4.79 Å². The van der Waals surface area contributed by atoms with Crippen molar-refractivity contribution in [3.05, 3.63) is 71.9 Å². The zero-order chi connectivity index (χ0) is 14.7. The monoisotopic (exact) mass is 278 g/mol. The number of aromatic nitrogens is 3. The molecule has 3 aromatic rings. The highest BCUT2D eigenvalue weighted by molar-refractivity contribution is 5.92. The molecule has 2 aromatic carbocycles. The third-order valence-electron chi connectivity index (χ3n) is 3.19. The average molecular weight is 278 g/mol. The average Bonchev–Trinajstić information content (AvgIpc) is 2.97. The summed E-state index contributed by atoms with van der Waals surface area (Å²) >= 11 is 0. The molecule has 0 aliphatic carbocycles. The first-order valence-corrected chi connectivity index (χ1v) is 6.57. The molecule has 3 rings (SSSR count). The lowest BCUT2D eigenvalue weighted by Crippen LogP contribution is -2.10. The Bertz CT molecular complexity index is 747. The number of nitrogens with zero attached hydrogens (tertiary/aromatic N) is 3. The first-order valence-electron chi connectivity index (χ1n) is 6.57. The summed E-state index contributed by atoms with van der Waals surface area (Å²) in [7, 11) is 0. The number of hydrogen-bond donors (Lipinski definition) is 1. The van der Waals surface area contributed by atoms with E-state index in [1.807, 2.05) is 48.7 Å². The molecule has 104 valence electrons. The largest absolute Gasteiger partial charge is 0.366 e. The van der Waals surface area contributed by atoms with Crippen LogP contribution in [0.5, 0.6) is 0 Å². The first-order chi connectivity index (χ1) is 10.2. The topological polar surface area (TPSA) is 73.8 Å². The molecule has 0 aliphatic heterocycles. The molecule has 1 amide bonds. The van der Waals surface area contributed by atoms with Crippen molar-refractivity contribution >= 4 is 5.91 Å². The van der Waals surface area contributed by atoms with Crippen LogP contribution < -0.4 is 5.73 Å². The third kappa shape index (κ3) is 2.97. The highest BCUT2D eigenvalue weighted by Crippen LogP contribution is 2.15. The van der Waals surface area contributed by atoms with Crippen LogP contribution in [-0.2, 0) is 6.54 Å². The van der Waals surface area contributed by atoms with Gasteiger partial charge in [0.15, 0.2) is 0 Å². The summed E-state index contributed by atoms with van der Waals surface area (Å²) in [4.78, 5) is 11.0. The maximum absolute atomic E-state index is 11.0. The van der Waals surface area contributed by atoms with Gasteiger partial charge in [0.1, 0.15) is 5.69 Å². The summed E-state index contributed by atoms with van der Waals surface area (Å²) in [6, 6.07) is 17.1. The Kier molecular flexibility index (Phi) is 3.47. The normalized spacial score (nSPS) is 10.5. The second kappa shape index (κ2) is 5.58. The molecule has 1 heterocycles. The summed E-state index contributed by atoms with van der Waals surface area (Å²) in [6.45, 7) is 0.596. The van der Waals surface area contributed by atoms with Gasteiger partial charge >= 0.3 is 0 Å². The van der Waals surface area contributed by atoms with E-state index in [0.29, 0.717) is 12.1 Å². The van der Waals surface area contributed by atoms with Crippen LogP contribution in [0.1, 0.15) is 15.9 Å². The van der Waals surface area contributed by atoms with Crippen LogP contribution in [0.4, 0.5) is 0 Å². The van der Waals surface area contributed by atoms with Crippen LogP contribution in [0.3, 0.4) is 0 Å². The van der Waals surface area contributed by atoms with Gasteiger partial charge < -0.3 is 5.73 Å². The van der Waals surface area contributed by atoms with E-state index in [2.05, 4.69) is 10.3 Å². The van der Waals surface area contributed by atoms with Crippen molar-refractivity contribution in [2.24, 2.45) is 5.73 Å². The zero-order valence-electron chi connectivity index (χ0n) is 11.3. The summed E-state index contributed by atoms with van der Waals surface area (Å²) in [5, 5.41) is 8.29. The van der Waals surface area contributed by atoms with E-state index in [9.17, 15) is 4.79 Å². The predicted molar refractivity (Wildman–Crippen MR) is 79.5 cm³/mol. The van der Waals surface area contributed by atoms with E-state index in [4.69, 9.17) is 5.73 Å². The fourth-order valence-electron chi connectivity index (χ4n) is 2.08. The number of hydrogen-bond acceptors (Lipinski definition) is 3. The third-order valence-corrected chi connectivity index (χ3v) is 3.19. The van der Waals surface area contributed by atoms with E-state index in [0.717, 1.165) is 16.8 Å². The maximum Gasteiger partial charge on any atom is 0.248 e. The lowest BCUT2D eigenvalue weighted by molar-refractivity contribution is 0.100. The van der Waals surface area contributed by atoms with Crippen molar-refractivity contribution in [1.29, 1.82) is 0 Å². The van der Waals surface area contributed by atoms with Gasteiger partial charge in [0.05, 0.1) is 12.7 Å². The Balaban J connectivity index is 1.77. The molecule has 0 saturated heterocycles. The maximum atomic E-state index is 11.0. The van der Waals surface area contributed by atoms with Crippen LogP contribution in [0.2, 0.25) is 0 Å². The van der Waals surface area contributed by atoms with Gasteiger partial charge in [0.25, 0.3) is 0 Å². The standard InChI is InChI=1S/C16H14N4O/c17-16(21)14-8-6-12(7-9-14)10-20-11-15(18-19-20)13-4-2-1-3-5-13/h1-9,11H,10H2,(H2,17,21). The number of primary amides is 1. The van der Waals surface area contributed by atoms with Gasteiger partial charge in [-0.25, -0.2) is 4.68 Å². The highest BCUT2D eigenvalue weighted by atomic mass is 16.1. The molecule has 0 unspecified atom stereocenters. The SMILES string of the molecule is NC(=O)c1ccc(Cn2cc(-c3ccccc3)nn2)cc1. The molecule has 5 nitrogen and oxygen atoms in total. The molecule has 2 N–H and O–H groups in total. The number of carbonyl (C=O) groups excluding carboxylic acids is 1. The molecule has 21 heavy (non-hydrogen) atoms. The fourth-order valence-corrected chi connectivity index (χ4v) is 2.08. The zero-order valence-corrected chi connectivity index (χ0v) is 11.3. The van der Waals surface area contributed by atoms with Crippen molar-refractivity contribution in [2.75, 3.05) is 0 Å². The molecular formula is C16H14N4O. The summed E-state index contributed by atoms with van der Waals surface area (Å²) in [5.74, 6) is -0.423. The summed E-state index contributed by atoms with van der Waals surface area (Å²) in [5.41, 5.74) is 8.62. The van der Waals surface area contributed by atoms with Crippen molar-refractivity contribution in [3.8, 4) is 11.3 Å². The molecule has 0 aliphatic rings. The van der Waals surface area contributed by atoms with Crippen LogP contribution in [-0.4, -0.2) is 20.9 Å². The number of nitrogens with two attached hydrogens (primary N) is 1. The van der Waals surface area contributed by atoms with Crippen molar-refractivity contribution in [1.82, 2.24) is 15.0 Å². The van der Waals surface area contributed by atoms with Crippen LogP contribution in [0.25, 0.3) is 11.3 Å². The first kappa shape index (κ1) is 13.1. The number of carbonyl (C=O) groups is 1. The highest BCUT2D eigenvalue weighted by Gasteiger charge is 2.04. The fraction of sp³-hybridized carbons (Fsp3) is 0.0625. The second-order valence-corrected chi connectivity index (χ2v) is 4.73. The molecule has 5 heteroatoms. The minimum Gasteiger partial charge on any atom is -0.366 e. The van der Waals surface area contributed by atoms with Gasteiger partial charge in [-0.2, -0.15) is 0 Å². The van der Waals surface area contributed by atoms with Gasteiger partial charge in [0, 0.05) is 11.1 Å². The van der Waals surface area contributed by atoms with Gasteiger partial charge in [-0.3, -0.25) is 4.79 Å². The minimum atomic E-state index is -0.423.